The Hall–Kier alpha value is -1.39. The molecule has 0 aromatic rings. The zero-order valence-corrected chi connectivity index (χ0v) is 12.6. The molecule has 2 amide bonds. The van der Waals surface area contributed by atoms with E-state index in [4.69, 9.17) is 9.84 Å². The molecule has 0 aliphatic heterocycles. The minimum absolute atomic E-state index is 0.108. The van der Waals surface area contributed by atoms with E-state index in [1.807, 2.05) is 0 Å². The van der Waals surface area contributed by atoms with Crippen molar-refractivity contribution in [2.75, 3.05) is 40.1 Å². The van der Waals surface area contributed by atoms with Crippen LogP contribution in [-0.4, -0.2) is 76.0 Å². The first-order chi connectivity index (χ1) is 9.20. The van der Waals surface area contributed by atoms with E-state index < -0.39 is 28.1 Å². The van der Waals surface area contributed by atoms with Gasteiger partial charge in [-0.05, 0) is 0 Å². The number of hydrogen-bond acceptors (Lipinski definition) is 5. The standard InChI is InChI=1S/C10H21N3O6S/c1-13(2)20(17,18)7-5-11-10(16)12-8(9(14)15)4-6-19-3/h8H,4-7H2,1-3H3,(H,14,15)(H2,11,12,16). The lowest BCUT2D eigenvalue weighted by molar-refractivity contribution is -0.139. The van der Waals surface area contributed by atoms with Crippen molar-refractivity contribution < 1.29 is 27.9 Å². The van der Waals surface area contributed by atoms with E-state index in [1.54, 1.807) is 0 Å². The minimum Gasteiger partial charge on any atom is -0.480 e. The van der Waals surface area contributed by atoms with Crippen LogP contribution >= 0.6 is 0 Å². The first-order valence-corrected chi connectivity index (χ1v) is 7.48. The highest BCUT2D eigenvalue weighted by atomic mass is 32.2. The predicted octanol–water partition coefficient (Wildman–Crippen LogP) is -1.33. The third kappa shape index (κ3) is 7.26. The molecule has 0 aromatic carbocycles. The molecule has 0 aliphatic carbocycles. The monoisotopic (exact) mass is 311 g/mol. The van der Waals surface area contributed by atoms with Crippen molar-refractivity contribution in [2.24, 2.45) is 0 Å². The summed E-state index contributed by atoms with van der Waals surface area (Å²) in [5.41, 5.74) is 0. The van der Waals surface area contributed by atoms with Crippen LogP contribution < -0.4 is 10.6 Å². The number of ether oxygens (including phenoxy) is 1. The maximum absolute atomic E-state index is 11.4. The Kier molecular flexibility index (Phi) is 8.11. The van der Waals surface area contributed by atoms with Gasteiger partial charge < -0.3 is 20.5 Å². The summed E-state index contributed by atoms with van der Waals surface area (Å²) in [5, 5.41) is 13.4. The Labute approximate surface area is 118 Å². The molecule has 20 heavy (non-hydrogen) atoms. The van der Waals surface area contributed by atoms with Gasteiger partial charge in [-0.2, -0.15) is 0 Å². The molecule has 0 heterocycles. The second kappa shape index (κ2) is 8.72. The van der Waals surface area contributed by atoms with Gasteiger partial charge in [0, 0.05) is 40.8 Å². The number of methoxy groups -OCH3 is 1. The van der Waals surface area contributed by atoms with Crippen molar-refractivity contribution in [3.63, 3.8) is 0 Å². The lowest BCUT2D eigenvalue weighted by atomic mass is 10.2. The van der Waals surface area contributed by atoms with Gasteiger partial charge in [-0.25, -0.2) is 22.3 Å². The summed E-state index contributed by atoms with van der Waals surface area (Å²) < 4.78 is 28.6. The SMILES string of the molecule is COCCC(NC(=O)NCCS(=O)(=O)N(C)C)C(=O)O. The molecule has 118 valence electrons. The lowest BCUT2D eigenvalue weighted by Gasteiger charge is -2.15. The maximum atomic E-state index is 11.4. The highest BCUT2D eigenvalue weighted by molar-refractivity contribution is 7.89. The van der Waals surface area contributed by atoms with Gasteiger partial charge in [0.05, 0.1) is 5.75 Å². The number of amides is 2. The number of nitrogens with one attached hydrogen (secondary N) is 2. The number of rotatable bonds is 9. The fourth-order valence-electron chi connectivity index (χ4n) is 1.18. The van der Waals surface area contributed by atoms with Gasteiger partial charge in [-0.15, -0.1) is 0 Å². The molecule has 0 radical (unpaired) electrons. The first-order valence-electron chi connectivity index (χ1n) is 5.87. The van der Waals surface area contributed by atoms with Crippen molar-refractivity contribution >= 4 is 22.0 Å². The van der Waals surface area contributed by atoms with Gasteiger partial charge in [0.25, 0.3) is 0 Å². The summed E-state index contributed by atoms with van der Waals surface area (Å²) in [6.07, 6.45) is 0.120. The predicted molar refractivity (Wildman–Crippen MR) is 71.9 cm³/mol. The highest BCUT2D eigenvalue weighted by Crippen LogP contribution is 1.94. The Morgan fingerprint density at radius 3 is 2.40 bits per heavy atom. The normalized spacial score (nSPS) is 13.0. The Morgan fingerprint density at radius 2 is 1.95 bits per heavy atom. The molecule has 0 saturated heterocycles. The number of carbonyl (C=O) groups excluding carboxylic acids is 1. The van der Waals surface area contributed by atoms with E-state index in [1.165, 1.54) is 21.2 Å². The average Bonchev–Trinajstić information content (AvgIpc) is 2.33. The minimum atomic E-state index is -3.40. The molecule has 0 fully saturated rings. The molecule has 0 aromatic heterocycles. The van der Waals surface area contributed by atoms with Crippen molar-refractivity contribution in [3.8, 4) is 0 Å². The fraction of sp³-hybridized carbons (Fsp3) is 0.800. The number of carboxylic acid groups (broad SMARTS) is 1. The summed E-state index contributed by atoms with van der Waals surface area (Å²) in [7, 11) is 0.802. The molecule has 0 bridgehead atoms. The third-order valence-electron chi connectivity index (χ3n) is 2.42. The van der Waals surface area contributed by atoms with Crippen LogP contribution in [0.3, 0.4) is 0 Å². The Morgan fingerprint density at radius 1 is 1.35 bits per heavy atom. The van der Waals surface area contributed by atoms with E-state index >= 15 is 0 Å². The van der Waals surface area contributed by atoms with Crippen LogP contribution in [0.2, 0.25) is 0 Å². The van der Waals surface area contributed by atoms with E-state index in [9.17, 15) is 18.0 Å². The van der Waals surface area contributed by atoms with Crippen molar-refractivity contribution in [3.05, 3.63) is 0 Å². The van der Waals surface area contributed by atoms with E-state index in [2.05, 4.69) is 10.6 Å². The van der Waals surface area contributed by atoms with Crippen LogP contribution in [0.4, 0.5) is 4.79 Å². The molecule has 1 atom stereocenters. The first kappa shape index (κ1) is 18.6. The molecular weight excluding hydrogens is 290 g/mol. The zero-order chi connectivity index (χ0) is 15.8. The fourth-order valence-corrected chi connectivity index (χ4v) is 1.90. The average molecular weight is 311 g/mol. The summed E-state index contributed by atoms with van der Waals surface area (Å²) in [6.45, 7) is 0.0786. The molecule has 0 saturated carbocycles. The summed E-state index contributed by atoms with van der Waals surface area (Å²) >= 11 is 0. The van der Waals surface area contributed by atoms with Gasteiger partial charge in [0.2, 0.25) is 10.0 Å². The van der Waals surface area contributed by atoms with Crippen LogP contribution in [0.1, 0.15) is 6.42 Å². The third-order valence-corrected chi connectivity index (χ3v) is 4.25. The summed E-state index contributed by atoms with van der Waals surface area (Å²) in [5.74, 6) is -1.44. The quantitative estimate of drug-likeness (QED) is 0.484. The number of aliphatic carboxylic acids is 1. The van der Waals surface area contributed by atoms with Gasteiger partial charge in [0.1, 0.15) is 6.04 Å². The largest absolute Gasteiger partial charge is 0.480 e. The Balaban J connectivity index is 4.18. The molecule has 0 aliphatic rings. The number of nitrogens with zero attached hydrogens (tertiary/aromatic N) is 1. The number of urea groups is 1. The second-order valence-corrected chi connectivity index (χ2v) is 6.47. The molecule has 10 heteroatoms. The highest BCUT2D eigenvalue weighted by Gasteiger charge is 2.20. The second-order valence-electron chi connectivity index (χ2n) is 4.17. The van der Waals surface area contributed by atoms with Crippen LogP contribution in [0.15, 0.2) is 0 Å². The van der Waals surface area contributed by atoms with E-state index in [0.29, 0.717) is 0 Å². The molecule has 1 unspecified atom stereocenters. The van der Waals surface area contributed by atoms with Crippen LogP contribution in [-0.2, 0) is 19.6 Å². The zero-order valence-electron chi connectivity index (χ0n) is 11.7. The molecular formula is C10H21N3O6S. The smallest absolute Gasteiger partial charge is 0.326 e. The molecule has 0 rings (SSSR count). The van der Waals surface area contributed by atoms with E-state index in [0.717, 1.165) is 4.31 Å². The van der Waals surface area contributed by atoms with Crippen LogP contribution in [0.25, 0.3) is 0 Å². The molecule has 9 nitrogen and oxygen atoms in total. The lowest BCUT2D eigenvalue weighted by Crippen LogP contribution is -2.47. The molecule has 0 spiro atoms. The number of carboxylic acids is 1. The van der Waals surface area contributed by atoms with Gasteiger partial charge in [-0.3, -0.25) is 0 Å². The van der Waals surface area contributed by atoms with Gasteiger partial charge >= 0.3 is 12.0 Å². The topological polar surface area (TPSA) is 125 Å². The summed E-state index contributed by atoms with van der Waals surface area (Å²) in [6, 6.07) is -1.82. The Bertz CT molecular complexity index is 423. The van der Waals surface area contributed by atoms with Crippen LogP contribution in [0, 0.1) is 0 Å². The summed E-state index contributed by atoms with van der Waals surface area (Å²) in [4.78, 5) is 22.3. The van der Waals surface area contributed by atoms with Gasteiger partial charge in [-0.1, -0.05) is 0 Å². The van der Waals surface area contributed by atoms with Gasteiger partial charge in [0.15, 0.2) is 0 Å². The molecule has 3 N–H and O–H groups in total. The van der Waals surface area contributed by atoms with Crippen LogP contribution in [0.5, 0.6) is 0 Å². The van der Waals surface area contributed by atoms with Crippen molar-refractivity contribution in [2.45, 2.75) is 12.5 Å². The number of hydrogen-bond donors (Lipinski definition) is 3. The number of sulfonamides is 1. The van der Waals surface area contributed by atoms with Crippen molar-refractivity contribution in [1.29, 1.82) is 0 Å². The van der Waals surface area contributed by atoms with E-state index in [-0.39, 0.29) is 25.3 Å². The maximum Gasteiger partial charge on any atom is 0.326 e. The number of carbonyl (C=O) groups is 2. The van der Waals surface area contributed by atoms with Crippen molar-refractivity contribution in [1.82, 2.24) is 14.9 Å².